The van der Waals surface area contributed by atoms with Gasteiger partial charge in [0.2, 0.25) is 10.0 Å². The molecule has 0 aromatic heterocycles. The monoisotopic (exact) mass is 261 g/mol. The van der Waals surface area contributed by atoms with Crippen molar-refractivity contribution < 1.29 is 13.2 Å². The summed E-state index contributed by atoms with van der Waals surface area (Å²) in [5.74, 6) is 0. The molecule has 1 spiro atoms. The molecule has 100 valence electrons. The highest BCUT2D eigenvalue weighted by Gasteiger charge is 2.56. The lowest BCUT2D eigenvalue weighted by Gasteiger charge is -2.57. The van der Waals surface area contributed by atoms with Gasteiger partial charge in [-0.15, -0.1) is 0 Å². The van der Waals surface area contributed by atoms with Crippen LogP contribution in [0.3, 0.4) is 0 Å². The summed E-state index contributed by atoms with van der Waals surface area (Å²) < 4.78 is 31.3. The van der Waals surface area contributed by atoms with Crippen LogP contribution in [0.1, 0.15) is 45.4 Å². The first-order valence-corrected chi connectivity index (χ1v) is 8.46. The van der Waals surface area contributed by atoms with Crippen molar-refractivity contribution in [2.24, 2.45) is 5.41 Å². The molecular formula is C12H23NO3S. The molecule has 0 heterocycles. The van der Waals surface area contributed by atoms with Gasteiger partial charge in [-0.3, -0.25) is 0 Å². The topological polar surface area (TPSA) is 55.4 Å². The molecule has 17 heavy (non-hydrogen) atoms. The zero-order chi connectivity index (χ0) is 12.5. The largest absolute Gasteiger partial charge is 0.378 e. The Hall–Kier alpha value is -0.130. The van der Waals surface area contributed by atoms with Crippen LogP contribution in [0, 0.1) is 5.41 Å². The fraction of sp³-hybridized carbons (Fsp3) is 1.00. The molecule has 2 rings (SSSR count). The fourth-order valence-corrected chi connectivity index (χ4v) is 4.33. The van der Waals surface area contributed by atoms with Crippen LogP contribution < -0.4 is 4.72 Å². The van der Waals surface area contributed by atoms with Gasteiger partial charge < -0.3 is 4.74 Å². The van der Waals surface area contributed by atoms with E-state index < -0.39 is 10.0 Å². The van der Waals surface area contributed by atoms with Gasteiger partial charge in [0.15, 0.2) is 0 Å². The zero-order valence-electron chi connectivity index (χ0n) is 10.7. The van der Waals surface area contributed by atoms with Crippen LogP contribution in [0.5, 0.6) is 0 Å². The molecular weight excluding hydrogens is 238 g/mol. The summed E-state index contributed by atoms with van der Waals surface area (Å²) in [5, 5.41) is 0. The van der Waals surface area contributed by atoms with Crippen molar-refractivity contribution in [2.75, 3.05) is 12.9 Å². The number of rotatable bonds is 4. The fourth-order valence-electron chi connectivity index (χ4n) is 3.49. The first-order valence-electron chi connectivity index (χ1n) is 6.57. The van der Waals surface area contributed by atoms with E-state index >= 15 is 0 Å². The Kier molecular flexibility index (Phi) is 3.80. The second-order valence-corrected chi connectivity index (χ2v) is 7.20. The van der Waals surface area contributed by atoms with Crippen LogP contribution in [0.2, 0.25) is 0 Å². The van der Waals surface area contributed by atoms with Gasteiger partial charge in [0.1, 0.15) is 0 Å². The van der Waals surface area contributed by atoms with Gasteiger partial charge in [-0.25, -0.2) is 13.1 Å². The van der Waals surface area contributed by atoms with E-state index in [1.54, 1.807) is 0 Å². The standard InChI is InChI=1S/C12H23NO3S/c1-3-16-11-9-10(13-17(2,14)15)12(11)7-5-4-6-8-12/h10-11,13H,3-9H2,1-2H3/t10-,11+/m1/s1. The molecule has 2 aliphatic rings. The molecule has 1 N–H and O–H groups in total. The van der Waals surface area contributed by atoms with Crippen LogP contribution in [0.15, 0.2) is 0 Å². The molecule has 2 fully saturated rings. The van der Waals surface area contributed by atoms with E-state index in [0.717, 1.165) is 25.9 Å². The van der Waals surface area contributed by atoms with E-state index in [2.05, 4.69) is 4.72 Å². The Morgan fingerprint density at radius 3 is 2.47 bits per heavy atom. The number of nitrogens with one attached hydrogen (secondary N) is 1. The van der Waals surface area contributed by atoms with Crippen molar-refractivity contribution in [1.29, 1.82) is 0 Å². The van der Waals surface area contributed by atoms with Gasteiger partial charge in [-0.2, -0.15) is 0 Å². The minimum absolute atomic E-state index is 0.0807. The van der Waals surface area contributed by atoms with E-state index in [9.17, 15) is 8.42 Å². The van der Waals surface area contributed by atoms with E-state index in [1.807, 2.05) is 6.92 Å². The van der Waals surface area contributed by atoms with Gasteiger partial charge in [-0.1, -0.05) is 19.3 Å². The molecule has 2 aliphatic carbocycles. The lowest BCUT2D eigenvalue weighted by Crippen LogP contribution is -2.65. The average molecular weight is 261 g/mol. The molecule has 0 aromatic carbocycles. The van der Waals surface area contributed by atoms with Crippen molar-refractivity contribution in [1.82, 2.24) is 4.72 Å². The van der Waals surface area contributed by atoms with Crippen LogP contribution in [0.4, 0.5) is 0 Å². The number of hydrogen-bond acceptors (Lipinski definition) is 3. The zero-order valence-corrected chi connectivity index (χ0v) is 11.6. The van der Waals surface area contributed by atoms with Gasteiger partial charge >= 0.3 is 0 Å². The maximum atomic E-state index is 11.4. The van der Waals surface area contributed by atoms with Crippen molar-refractivity contribution in [3.8, 4) is 0 Å². The number of sulfonamides is 1. The molecule has 0 amide bonds. The lowest BCUT2D eigenvalue weighted by molar-refractivity contribution is -0.144. The predicted octanol–water partition coefficient (Wildman–Crippen LogP) is 1.66. The highest BCUT2D eigenvalue weighted by Crippen LogP contribution is 2.53. The maximum absolute atomic E-state index is 11.4. The first kappa shape index (κ1) is 13.3. The van der Waals surface area contributed by atoms with Crippen molar-refractivity contribution in [3.05, 3.63) is 0 Å². The molecule has 4 nitrogen and oxygen atoms in total. The number of hydrogen-bond donors (Lipinski definition) is 1. The quantitative estimate of drug-likeness (QED) is 0.837. The Labute approximate surface area is 104 Å². The summed E-state index contributed by atoms with van der Waals surface area (Å²) in [7, 11) is -3.10. The van der Waals surface area contributed by atoms with Crippen LogP contribution in [-0.2, 0) is 14.8 Å². The summed E-state index contributed by atoms with van der Waals surface area (Å²) in [6.07, 6.45) is 8.21. The maximum Gasteiger partial charge on any atom is 0.208 e. The van der Waals surface area contributed by atoms with Gasteiger partial charge in [0.05, 0.1) is 12.4 Å². The molecule has 0 radical (unpaired) electrons. The Balaban J connectivity index is 2.08. The Morgan fingerprint density at radius 2 is 1.94 bits per heavy atom. The van der Waals surface area contributed by atoms with Gasteiger partial charge in [-0.05, 0) is 26.2 Å². The summed E-state index contributed by atoms with van der Waals surface area (Å²) in [5.41, 5.74) is 0.0807. The molecule has 0 saturated heterocycles. The highest BCUT2D eigenvalue weighted by molar-refractivity contribution is 7.88. The van der Waals surface area contributed by atoms with E-state index in [-0.39, 0.29) is 17.6 Å². The van der Waals surface area contributed by atoms with Crippen molar-refractivity contribution >= 4 is 10.0 Å². The van der Waals surface area contributed by atoms with Crippen LogP contribution >= 0.6 is 0 Å². The minimum Gasteiger partial charge on any atom is -0.378 e. The Bertz CT molecular complexity index is 360. The van der Waals surface area contributed by atoms with E-state index in [4.69, 9.17) is 4.74 Å². The average Bonchev–Trinajstić information content (AvgIpc) is 2.27. The predicted molar refractivity (Wildman–Crippen MR) is 67.3 cm³/mol. The first-order chi connectivity index (χ1) is 7.98. The molecule has 0 unspecified atom stereocenters. The summed E-state index contributed by atoms with van der Waals surface area (Å²) in [4.78, 5) is 0. The third-order valence-electron chi connectivity index (χ3n) is 4.29. The molecule has 5 heteroatoms. The van der Waals surface area contributed by atoms with Crippen molar-refractivity contribution in [3.63, 3.8) is 0 Å². The summed E-state index contributed by atoms with van der Waals surface area (Å²) in [6, 6.07) is 0.0920. The van der Waals surface area contributed by atoms with E-state index in [1.165, 1.54) is 25.5 Å². The summed E-state index contributed by atoms with van der Waals surface area (Å²) >= 11 is 0. The highest BCUT2D eigenvalue weighted by atomic mass is 32.2. The molecule has 0 aromatic rings. The summed E-state index contributed by atoms with van der Waals surface area (Å²) in [6.45, 7) is 2.73. The SMILES string of the molecule is CCO[C@H]1C[C@@H](NS(C)(=O)=O)C12CCCCC2. The molecule has 2 saturated carbocycles. The van der Waals surface area contributed by atoms with E-state index in [0.29, 0.717) is 0 Å². The minimum atomic E-state index is -3.10. The van der Waals surface area contributed by atoms with Crippen LogP contribution in [0.25, 0.3) is 0 Å². The van der Waals surface area contributed by atoms with Gasteiger partial charge in [0, 0.05) is 18.1 Å². The Morgan fingerprint density at radius 1 is 1.29 bits per heavy atom. The smallest absolute Gasteiger partial charge is 0.208 e. The third-order valence-corrected chi connectivity index (χ3v) is 5.01. The molecule has 2 atom stereocenters. The van der Waals surface area contributed by atoms with Crippen molar-refractivity contribution in [2.45, 2.75) is 57.6 Å². The molecule has 0 aliphatic heterocycles. The molecule has 0 bridgehead atoms. The second kappa shape index (κ2) is 4.86. The number of ether oxygens (including phenoxy) is 1. The van der Waals surface area contributed by atoms with Gasteiger partial charge in [0.25, 0.3) is 0 Å². The second-order valence-electron chi connectivity index (χ2n) is 5.42. The lowest BCUT2D eigenvalue weighted by atomic mass is 9.55. The normalized spacial score (nSPS) is 32.4. The van der Waals surface area contributed by atoms with Crippen LogP contribution in [-0.4, -0.2) is 33.4 Å². The third kappa shape index (κ3) is 2.66.